The van der Waals surface area contributed by atoms with Gasteiger partial charge in [0.1, 0.15) is 0 Å². The summed E-state index contributed by atoms with van der Waals surface area (Å²) in [4.78, 5) is 2.44. The van der Waals surface area contributed by atoms with Crippen molar-refractivity contribution >= 4 is 0 Å². The number of nitrogens with zero attached hydrogens (tertiary/aromatic N) is 1. The van der Waals surface area contributed by atoms with Gasteiger partial charge in [-0.3, -0.25) is 0 Å². The van der Waals surface area contributed by atoms with Crippen LogP contribution in [0.25, 0.3) is 0 Å². The van der Waals surface area contributed by atoms with Crippen LogP contribution in [0.15, 0.2) is 0 Å². The van der Waals surface area contributed by atoms with E-state index in [-0.39, 0.29) is 5.60 Å². The molecule has 3 nitrogen and oxygen atoms in total. The third-order valence-corrected chi connectivity index (χ3v) is 5.15. The number of rotatable bonds is 3. The summed E-state index contributed by atoms with van der Waals surface area (Å²) in [6.45, 7) is 0.886. The van der Waals surface area contributed by atoms with Gasteiger partial charge in [-0.2, -0.15) is 0 Å². The Morgan fingerprint density at radius 2 is 1.76 bits per heavy atom. The van der Waals surface area contributed by atoms with Crippen LogP contribution in [0.3, 0.4) is 0 Å². The van der Waals surface area contributed by atoms with Gasteiger partial charge in [0.05, 0.1) is 5.60 Å². The molecule has 3 aliphatic rings. The average Bonchev–Trinajstić information content (AvgIpc) is 2.85. The van der Waals surface area contributed by atoms with E-state index in [2.05, 4.69) is 17.3 Å². The lowest BCUT2D eigenvalue weighted by molar-refractivity contribution is -0.000887. The molecule has 0 radical (unpaired) electrons. The minimum absolute atomic E-state index is 0.376. The number of hydrogen-bond donors (Lipinski definition) is 2. The second-order valence-electron chi connectivity index (χ2n) is 6.61. The highest BCUT2D eigenvalue weighted by atomic mass is 16.3. The number of aliphatic hydroxyl groups is 1. The quantitative estimate of drug-likeness (QED) is 0.782. The van der Waals surface area contributed by atoms with E-state index in [1.807, 2.05) is 0 Å². The second-order valence-corrected chi connectivity index (χ2v) is 6.61. The molecular formula is C14H26N2O. The van der Waals surface area contributed by atoms with E-state index in [0.29, 0.717) is 6.04 Å². The predicted molar refractivity (Wildman–Crippen MR) is 69.0 cm³/mol. The predicted octanol–water partition coefficient (Wildman–Crippen LogP) is 1.51. The molecule has 1 saturated carbocycles. The Labute approximate surface area is 105 Å². The first kappa shape index (κ1) is 11.9. The molecule has 17 heavy (non-hydrogen) atoms. The van der Waals surface area contributed by atoms with Crippen molar-refractivity contribution in [2.24, 2.45) is 0 Å². The zero-order valence-corrected chi connectivity index (χ0v) is 11.0. The zero-order valence-electron chi connectivity index (χ0n) is 11.0. The number of fused-ring (bicyclic) bond motifs is 2. The van der Waals surface area contributed by atoms with Crippen LogP contribution < -0.4 is 5.32 Å². The first-order valence-corrected chi connectivity index (χ1v) is 7.33. The Morgan fingerprint density at radius 1 is 1.18 bits per heavy atom. The van der Waals surface area contributed by atoms with Gasteiger partial charge in [-0.1, -0.05) is 12.8 Å². The van der Waals surface area contributed by atoms with Gasteiger partial charge >= 0.3 is 0 Å². The number of likely N-dealkylation sites (N-methyl/N-ethyl adjacent to an activating group) is 1. The molecule has 98 valence electrons. The third-order valence-electron chi connectivity index (χ3n) is 5.15. The smallest absolute Gasteiger partial charge is 0.0774 e. The topological polar surface area (TPSA) is 35.5 Å². The fourth-order valence-corrected chi connectivity index (χ4v) is 4.17. The molecule has 2 saturated heterocycles. The summed E-state index contributed by atoms with van der Waals surface area (Å²) >= 11 is 0. The van der Waals surface area contributed by atoms with Gasteiger partial charge in [-0.15, -0.1) is 0 Å². The van der Waals surface area contributed by atoms with Crippen molar-refractivity contribution in [2.75, 3.05) is 13.6 Å². The van der Waals surface area contributed by atoms with Crippen molar-refractivity contribution in [1.29, 1.82) is 0 Å². The van der Waals surface area contributed by atoms with Crippen LogP contribution in [0.1, 0.15) is 51.4 Å². The molecule has 2 bridgehead atoms. The van der Waals surface area contributed by atoms with Gasteiger partial charge in [-0.05, 0) is 45.6 Å². The van der Waals surface area contributed by atoms with Crippen LogP contribution in [0.5, 0.6) is 0 Å². The van der Waals surface area contributed by atoms with Crippen LogP contribution in [0.4, 0.5) is 0 Å². The summed E-state index contributed by atoms with van der Waals surface area (Å²) in [6, 6.07) is 2.19. The fraction of sp³-hybridized carbons (Fsp3) is 1.00. The molecule has 2 unspecified atom stereocenters. The van der Waals surface area contributed by atoms with Crippen LogP contribution in [0, 0.1) is 0 Å². The molecule has 1 aliphatic carbocycles. The van der Waals surface area contributed by atoms with Gasteiger partial charge in [0, 0.05) is 24.7 Å². The van der Waals surface area contributed by atoms with E-state index in [1.54, 1.807) is 0 Å². The molecule has 2 atom stereocenters. The summed E-state index contributed by atoms with van der Waals surface area (Å²) in [5.41, 5.74) is -0.376. The van der Waals surface area contributed by atoms with E-state index in [0.717, 1.165) is 31.5 Å². The summed E-state index contributed by atoms with van der Waals surface area (Å²) in [5.74, 6) is 0. The summed E-state index contributed by atoms with van der Waals surface area (Å²) < 4.78 is 0. The summed E-state index contributed by atoms with van der Waals surface area (Å²) in [5, 5.41) is 14.2. The standard InChI is InChI=1S/C14H26N2O/c1-16(10-14(17)6-2-3-7-14)13-8-11-4-5-12(9-13)15-11/h11-13,15,17H,2-10H2,1H3. The van der Waals surface area contributed by atoms with Crippen molar-refractivity contribution in [2.45, 2.75) is 75.1 Å². The number of hydrogen-bond acceptors (Lipinski definition) is 3. The van der Waals surface area contributed by atoms with Crippen LogP contribution in [-0.2, 0) is 0 Å². The van der Waals surface area contributed by atoms with Crippen molar-refractivity contribution in [3.05, 3.63) is 0 Å². The van der Waals surface area contributed by atoms with Gasteiger partial charge in [0.25, 0.3) is 0 Å². The molecule has 0 amide bonds. The van der Waals surface area contributed by atoms with E-state index in [4.69, 9.17) is 0 Å². The molecule has 2 aliphatic heterocycles. The third kappa shape index (κ3) is 2.51. The van der Waals surface area contributed by atoms with E-state index >= 15 is 0 Å². The normalized spacial score (nSPS) is 40.1. The zero-order chi connectivity index (χ0) is 11.9. The van der Waals surface area contributed by atoms with Crippen LogP contribution in [0.2, 0.25) is 0 Å². The fourth-order valence-electron chi connectivity index (χ4n) is 4.17. The Morgan fingerprint density at radius 3 is 2.35 bits per heavy atom. The van der Waals surface area contributed by atoms with E-state index < -0.39 is 0 Å². The lowest BCUT2D eigenvalue weighted by Crippen LogP contribution is -2.50. The van der Waals surface area contributed by atoms with Crippen LogP contribution in [-0.4, -0.2) is 47.3 Å². The monoisotopic (exact) mass is 238 g/mol. The Bertz CT molecular complexity index is 263. The molecule has 3 heteroatoms. The van der Waals surface area contributed by atoms with Crippen molar-refractivity contribution in [3.8, 4) is 0 Å². The van der Waals surface area contributed by atoms with Gasteiger partial charge in [0.15, 0.2) is 0 Å². The number of piperidine rings is 1. The van der Waals surface area contributed by atoms with E-state index in [9.17, 15) is 5.11 Å². The number of nitrogens with one attached hydrogen (secondary N) is 1. The molecule has 2 N–H and O–H groups in total. The Hall–Kier alpha value is -0.120. The van der Waals surface area contributed by atoms with Gasteiger partial charge in [-0.25, -0.2) is 0 Å². The summed E-state index contributed by atoms with van der Waals surface area (Å²) in [7, 11) is 2.21. The van der Waals surface area contributed by atoms with Gasteiger partial charge < -0.3 is 15.3 Å². The molecule has 3 rings (SSSR count). The van der Waals surface area contributed by atoms with Crippen molar-refractivity contribution in [1.82, 2.24) is 10.2 Å². The molecule has 0 aromatic heterocycles. The minimum Gasteiger partial charge on any atom is -0.389 e. The average molecular weight is 238 g/mol. The molecule has 0 aromatic carbocycles. The maximum Gasteiger partial charge on any atom is 0.0774 e. The maximum atomic E-state index is 10.5. The highest BCUT2D eigenvalue weighted by Crippen LogP contribution is 2.33. The first-order chi connectivity index (χ1) is 8.15. The molecule has 2 heterocycles. The van der Waals surface area contributed by atoms with E-state index in [1.165, 1.54) is 38.5 Å². The summed E-state index contributed by atoms with van der Waals surface area (Å²) in [6.07, 6.45) is 9.72. The molecular weight excluding hydrogens is 212 g/mol. The SMILES string of the molecule is CN(CC1(O)CCCC1)C1CC2CCC(C1)N2. The maximum absolute atomic E-state index is 10.5. The lowest BCUT2D eigenvalue weighted by Gasteiger charge is -2.38. The Kier molecular flexibility index (Phi) is 3.18. The largest absolute Gasteiger partial charge is 0.389 e. The first-order valence-electron chi connectivity index (χ1n) is 7.33. The van der Waals surface area contributed by atoms with Crippen molar-refractivity contribution in [3.63, 3.8) is 0 Å². The highest BCUT2D eigenvalue weighted by Gasteiger charge is 2.38. The minimum atomic E-state index is -0.376. The van der Waals surface area contributed by atoms with Crippen molar-refractivity contribution < 1.29 is 5.11 Å². The molecule has 0 spiro atoms. The molecule has 0 aromatic rings. The second kappa shape index (κ2) is 4.52. The van der Waals surface area contributed by atoms with Gasteiger partial charge in [0.2, 0.25) is 0 Å². The Balaban J connectivity index is 1.57. The highest BCUT2D eigenvalue weighted by molar-refractivity contribution is 4.97. The molecule has 3 fully saturated rings. The van der Waals surface area contributed by atoms with Crippen LogP contribution >= 0.6 is 0 Å². The lowest BCUT2D eigenvalue weighted by atomic mass is 9.95.